The summed E-state index contributed by atoms with van der Waals surface area (Å²) in [4.78, 5) is 27.4. The fourth-order valence-corrected chi connectivity index (χ4v) is 4.70. The third-order valence-corrected chi connectivity index (χ3v) is 6.40. The van der Waals surface area contributed by atoms with Crippen molar-refractivity contribution in [2.75, 3.05) is 7.05 Å². The maximum atomic E-state index is 15.0. The number of H-pyrrole nitrogens is 1. The Morgan fingerprint density at radius 1 is 1.46 bits per heavy atom. The van der Waals surface area contributed by atoms with Crippen LogP contribution in [0.3, 0.4) is 0 Å². The van der Waals surface area contributed by atoms with Gasteiger partial charge >= 0.3 is 0 Å². The summed E-state index contributed by atoms with van der Waals surface area (Å²) in [5.41, 5.74) is 1.19. The number of aromatic nitrogens is 2. The summed E-state index contributed by atoms with van der Waals surface area (Å²) in [7, 11) is 1.81. The topological polar surface area (TPSA) is 78.1 Å². The number of nitrogens with zero attached hydrogens (tertiary/aromatic N) is 2. The van der Waals surface area contributed by atoms with E-state index in [1.807, 2.05) is 12.1 Å². The number of alkyl halides is 1. The van der Waals surface area contributed by atoms with Gasteiger partial charge in [-0.2, -0.15) is 5.10 Å². The van der Waals surface area contributed by atoms with Crippen molar-refractivity contribution in [1.29, 1.82) is 0 Å². The van der Waals surface area contributed by atoms with E-state index in [0.29, 0.717) is 23.7 Å². The minimum absolute atomic E-state index is 0.132. The normalized spacial score (nSPS) is 27.2. The molecular formula is C21H27FN4O2. The predicted octanol–water partition coefficient (Wildman–Crippen LogP) is 2.92. The van der Waals surface area contributed by atoms with Crippen LogP contribution >= 0.6 is 0 Å². The van der Waals surface area contributed by atoms with Gasteiger partial charge in [0, 0.05) is 23.9 Å². The zero-order valence-electron chi connectivity index (χ0n) is 16.4. The molecule has 2 aromatic rings. The van der Waals surface area contributed by atoms with E-state index < -0.39 is 11.7 Å². The lowest BCUT2D eigenvalue weighted by Crippen LogP contribution is -2.54. The molecule has 7 heteroatoms. The second-order valence-corrected chi connectivity index (χ2v) is 8.18. The molecule has 3 unspecified atom stereocenters. The second kappa shape index (κ2) is 7.28. The van der Waals surface area contributed by atoms with Crippen LogP contribution in [0.15, 0.2) is 23.0 Å². The highest BCUT2D eigenvalue weighted by molar-refractivity contribution is 5.95. The zero-order chi connectivity index (χ0) is 19.9. The van der Waals surface area contributed by atoms with Gasteiger partial charge < -0.3 is 5.32 Å². The lowest BCUT2D eigenvalue weighted by atomic mass is 9.96. The molecule has 0 aliphatic carbocycles. The van der Waals surface area contributed by atoms with Crippen LogP contribution in [0.5, 0.6) is 0 Å². The fraction of sp³-hybridized carbons (Fsp3) is 0.571. The number of carbonyl (C=O) groups is 1. The van der Waals surface area contributed by atoms with Crippen LogP contribution in [-0.2, 0) is 6.42 Å². The maximum Gasteiger partial charge on any atom is 0.276 e. The van der Waals surface area contributed by atoms with Crippen LogP contribution in [0.25, 0.3) is 10.9 Å². The van der Waals surface area contributed by atoms with Gasteiger partial charge in [-0.15, -0.1) is 0 Å². The molecule has 0 radical (unpaired) electrons. The molecule has 4 rings (SSSR count). The van der Waals surface area contributed by atoms with Gasteiger partial charge in [0.1, 0.15) is 0 Å². The number of unbranched alkanes of at least 4 members (excludes halogenated alkanes) is 1. The summed E-state index contributed by atoms with van der Waals surface area (Å²) in [5.74, 6) is -1.89. The van der Waals surface area contributed by atoms with E-state index in [0.717, 1.165) is 31.2 Å². The Hall–Kier alpha value is -2.28. The summed E-state index contributed by atoms with van der Waals surface area (Å²) in [6.45, 7) is 2.12. The first-order valence-corrected chi connectivity index (χ1v) is 10.2. The highest BCUT2D eigenvalue weighted by atomic mass is 19.1. The fourth-order valence-electron chi connectivity index (χ4n) is 4.70. The SMILES string of the molecule is CCCCc1cccc2c(=O)c(C(=O)NC3CC4CCC(F)(C3)N4C)n[nH]c12. The number of benzene rings is 1. The van der Waals surface area contributed by atoms with Crippen LogP contribution in [0.2, 0.25) is 0 Å². The van der Waals surface area contributed by atoms with Gasteiger partial charge in [-0.25, -0.2) is 4.39 Å². The number of aryl methyl sites for hydroxylation is 1. The highest BCUT2D eigenvalue weighted by Crippen LogP contribution is 2.43. The van der Waals surface area contributed by atoms with Crippen LogP contribution in [0, 0.1) is 0 Å². The van der Waals surface area contributed by atoms with Crippen molar-refractivity contribution in [3.8, 4) is 0 Å². The molecule has 0 spiro atoms. The van der Waals surface area contributed by atoms with Crippen molar-refractivity contribution < 1.29 is 9.18 Å². The number of piperidine rings is 1. The smallest absolute Gasteiger partial charge is 0.276 e. The van der Waals surface area contributed by atoms with Crippen molar-refractivity contribution in [3.63, 3.8) is 0 Å². The molecule has 2 bridgehead atoms. The minimum Gasteiger partial charge on any atom is -0.348 e. The largest absolute Gasteiger partial charge is 0.348 e. The first-order valence-electron chi connectivity index (χ1n) is 10.2. The minimum atomic E-state index is -1.36. The molecule has 2 saturated heterocycles. The lowest BCUT2D eigenvalue weighted by Gasteiger charge is -2.40. The Labute approximate surface area is 163 Å². The van der Waals surface area contributed by atoms with Crippen molar-refractivity contribution in [1.82, 2.24) is 20.4 Å². The highest BCUT2D eigenvalue weighted by Gasteiger charge is 2.50. The Morgan fingerprint density at radius 2 is 2.29 bits per heavy atom. The van der Waals surface area contributed by atoms with Crippen LogP contribution in [-0.4, -0.2) is 45.9 Å². The Balaban J connectivity index is 1.57. The summed E-state index contributed by atoms with van der Waals surface area (Å²) in [5, 5.41) is 10.3. The predicted molar refractivity (Wildman–Crippen MR) is 106 cm³/mol. The Bertz CT molecular complexity index is 959. The number of halogens is 1. The van der Waals surface area contributed by atoms with Crippen molar-refractivity contribution in [3.05, 3.63) is 39.7 Å². The molecule has 1 amide bonds. The van der Waals surface area contributed by atoms with Gasteiger partial charge in [0.25, 0.3) is 5.91 Å². The number of carbonyl (C=O) groups excluding carboxylic acids is 1. The van der Waals surface area contributed by atoms with E-state index in [1.165, 1.54) is 0 Å². The molecule has 1 aromatic heterocycles. The Morgan fingerprint density at radius 3 is 3.04 bits per heavy atom. The molecule has 2 aliphatic rings. The molecule has 3 heterocycles. The van der Waals surface area contributed by atoms with Crippen LogP contribution < -0.4 is 10.7 Å². The first-order chi connectivity index (χ1) is 13.4. The van der Waals surface area contributed by atoms with Gasteiger partial charge in [-0.3, -0.25) is 19.6 Å². The van der Waals surface area contributed by atoms with E-state index in [2.05, 4.69) is 22.4 Å². The number of amides is 1. The third-order valence-electron chi connectivity index (χ3n) is 6.40. The van der Waals surface area contributed by atoms with E-state index in [-0.39, 0.29) is 29.6 Å². The van der Waals surface area contributed by atoms with Gasteiger partial charge in [-0.05, 0) is 50.8 Å². The lowest BCUT2D eigenvalue weighted by molar-refractivity contribution is -0.0428. The van der Waals surface area contributed by atoms with E-state index >= 15 is 0 Å². The number of para-hydroxylation sites is 1. The van der Waals surface area contributed by atoms with Crippen molar-refractivity contribution >= 4 is 16.8 Å². The number of fused-ring (bicyclic) bond motifs is 3. The quantitative estimate of drug-likeness (QED) is 0.775. The van der Waals surface area contributed by atoms with Gasteiger partial charge in [0.05, 0.1) is 5.52 Å². The number of nitrogens with one attached hydrogen (secondary N) is 2. The van der Waals surface area contributed by atoms with Crippen LogP contribution in [0.1, 0.15) is 61.5 Å². The molecule has 6 nitrogen and oxygen atoms in total. The van der Waals surface area contributed by atoms with Crippen molar-refractivity contribution in [2.45, 2.75) is 69.7 Å². The summed E-state index contributed by atoms with van der Waals surface area (Å²) < 4.78 is 15.0. The van der Waals surface area contributed by atoms with Gasteiger partial charge in [0.15, 0.2) is 11.5 Å². The second-order valence-electron chi connectivity index (χ2n) is 8.18. The molecule has 150 valence electrons. The summed E-state index contributed by atoms with van der Waals surface area (Å²) in [6, 6.07) is 5.38. The first kappa shape index (κ1) is 19.1. The van der Waals surface area contributed by atoms with Gasteiger partial charge in [-0.1, -0.05) is 25.5 Å². The molecular weight excluding hydrogens is 359 g/mol. The molecule has 1 aromatic carbocycles. The standard InChI is InChI=1S/C21H27FN4O2/c1-3-4-6-13-7-5-8-16-17(13)24-25-18(19(16)27)20(28)23-14-11-15-9-10-21(22,12-14)26(15)2/h5,7-8,14-15H,3-4,6,9-12H2,1-2H3,(H,23,28)(H,24,27). The molecule has 3 atom stereocenters. The molecule has 2 fully saturated rings. The molecule has 28 heavy (non-hydrogen) atoms. The summed E-state index contributed by atoms with van der Waals surface area (Å²) in [6.07, 6.45) is 5.17. The maximum absolute atomic E-state index is 15.0. The molecule has 2 aliphatic heterocycles. The molecule has 0 saturated carbocycles. The number of aromatic amines is 1. The number of hydrogen-bond donors (Lipinski definition) is 2. The average molecular weight is 386 g/mol. The number of rotatable bonds is 5. The average Bonchev–Trinajstić information content (AvgIpc) is 2.84. The number of hydrogen-bond acceptors (Lipinski definition) is 4. The van der Waals surface area contributed by atoms with Crippen molar-refractivity contribution in [2.24, 2.45) is 0 Å². The van der Waals surface area contributed by atoms with E-state index in [9.17, 15) is 14.0 Å². The zero-order valence-corrected chi connectivity index (χ0v) is 16.4. The van der Waals surface area contributed by atoms with E-state index in [1.54, 1.807) is 18.0 Å². The van der Waals surface area contributed by atoms with Gasteiger partial charge in [0.2, 0.25) is 5.43 Å². The van der Waals surface area contributed by atoms with E-state index in [4.69, 9.17) is 0 Å². The summed E-state index contributed by atoms with van der Waals surface area (Å²) >= 11 is 0. The Kier molecular flexibility index (Phi) is 4.95. The molecule has 2 N–H and O–H groups in total. The van der Waals surface area contributed by atoms with Crippen LogP contribution in [0.4, 0.5) is 4.39 Å². The monoisotopic (exact) mass is 386 g/mol. The third kappa shape index (κ3) is 3.21.